The number of alkyl halides is 3. The van der Waals surface area contributed by atoms with Crippen LogP contribution in [0.2, 0.25) is 0 Å². The summed E-state index contributed by atoms with van der Waals surface area (Å²) in [6.45, 7) is 0.490. The predicted octanol–water partition coefficient (Wildman–Crippen LogP) is 2.15. The summed E-state index contributed by atoms with van der Waals surface area (Å²) in [4.78, 5) is 11.0. The van der Waals surface area contributed by atoms with Crippen molar-refractivity contribution < 1.29 is 23.1 Å². The Kier molecular flexibility index (Phi) is 3.13. The van der Waals surface area contributed by atoms with Crippen LogP contribution >= 0.6 is 11.3 Å². The Bertz CT molecular complexity index is 429. The largest absolute Gasteiger partial charge is 0.481 e. The number of carbonyl (C=O) groups is 1. The fourth-order valence-corrected chi connectivity index (χ4v) is 3.01. The summed E-state index contributed by atoms with van der Waals surface area (Å²) in [5.41, 5.74) is -0.609. The Morgan fingerprint density at radius 3 is 2.71 bits per heavy atom. The molecule has 0 aliphatic carbocycles. The van der Waals surface area contributed by atoms with Crippen LogP contribution in [0.1, 0.15) is 17.0 Å². The molecule has 0 bridgehead atoms. The molecule has 0 amide bonds. The molecule has 2 unspecified atom stereocenters. The number of rotatable bonds is 2. The first-order valence-electron chi connectivity index (χ1n) is 4.98. The van der Waals surface area contributed by atoms with Crippen molar-refractivity contribution in [3.8, 4) is 0 Å². The third-order valence-corrected chi connectivity index (χ3v) is 3.69. The normalized spacial score (nSPS) is 25.1. The van der Waals surface area contributed by atoms with Crippen molar-refractivity contribution in [3.63, 3.8) is 0 Å². The standard InChI is InChI=1S/C10H10F3NO2S/c11-10(12,13)8-4-17-3-7(8)5-1-14-2-6(5)9(15)16/h3-6,14H,1-2H2,(H,15,16). The Labute approximate surface area is 99.3 Å². The number of hydrogen-bond donors (Lipinski definition) is 2. The van der Waals surface area contributed by atoms with Gasteiger partial charge in [0.15, 0.2) is 0 Å². The second-order valence-corrected chi connectivity index (χ2v) is 4.69. The SMILES string of the molecule is O=C(O)C1CNCC1c1cscc1C(F)(F)F. The third kappa shape index (κ3) is 2.30. The first-order valence-corrected chi connectivity index (χ1v) is 5.92. The van der Waals surface area contributed by atoms with Gasteiger partial charge in [0.2, 0.25) is 0 Å². The number of aliphatic carboxylic acids is 1. The van der Waals surface area contributed by atoms with Crippen LogP contribution in [0.25, 0.3) is 0 Å². The van der Waals surface area contributed by atoms with E-state index in [0.717, 1.165) is 16.7 Å². The maximum Gasteiger partial charge on any atom is 0.417 e. The maximum absolute atomic E-state index is 12.7. The van der Waals surface area contributed by atoms with Crippen molar-refractivity contribution >= 4 is 17.3 Å². The monoisotopic (exact) mass is 265 g/mol. The van der Waals surface area contributed by atoms with E-state index in [4.69, 9.17) is 5.11 Å². The molecule has 94 valence electrons. The van der Waals surface area contributed by atoms with Gasteiger partial charge in [-0.2, -0.15) is 24.5 Å². The fraction of sp³-hybridized carbons (Fsp3) is 0.500. The van der Waals surface area contributed by atoms with Crippen LogP contribution < -0.4 is 5.32 Å². The second-order valence-electron chi connectivity index (χ2n) is 3.95. The Hall–Kier alpha value is -1.08. The Morgan fingerprint density at radius 1 is 1.41 bits per heavy atom. The number of thiophene rings is 1. The zero-order chi connectivity index (χ0) is 12.6. The molecule has 2 heterocycles. The van der Waals surface area contributed by atoms with Gasteiger partial charge in [-0.05, 0) is 10.9 Å². The highest BCUT2D eigenvalue weighted by Gasteiger charge is 2.41. The van der Waals surface area contributed by atoms with E-state index < -0.39 is 29.5 Å². The van der Waals surface area contributed by atoms with E-state index in [0.29, 0.717) is 0 Å². The molecule has 7 heteroatoms. The van der Waals surface area contributed by atoms with E-state index in [1.54, 1.807) is 0 Å². The number of hydrogen-bond acceptors (Lipinski definition) is 3. The zero-order valence-corrected chi connectivity index (χ0v) is 9.44. The van der Waals surface area contributed by atoms with Crippen molar-refractivity contribution in [2.45, 2.75) is 12.1 Å². The van der Waals surface area contributed by atoms with Crippen molar-refractivity contribution in [1.29, 1.82) is 0 Å². The van der Waals surface area contributed by atoms with Crippen LogP contribution in [0.15, 0.2) is 10.8 Å². The van der Waals surface area contributed by atoms with Crippen molar-refractivity contribution in [2.75, 3.05) is 13.1 Å². The lowest BCUT2D eigenvalue weighted by atomic mass is 9.88. The molecule has 0 saturated carbocycles. The van der Waals surface area contributed by atoms with Crippen LogP contribution in [0.3, 0.4) is 0 Å². The van der Waals surface area contributed by atoms with Gasteiger partial charge in [0.25, 0.3) is 0 Å². The average molecular weight is 265 g/mol. The summed E-state index contributed by atoms with van der Waals surface area (Å²) in [6, 6.07) is 0. The molecule has 2 rings (SSSR count). The summed E-state index contributed by atoms with van der Waals surface area (Å²) in [7, 11) is 0. The van der Waals surface area contributed by atoms with Gasteiger partial charge in [-0.15, -0.1) is 0 Å². The summed E-state index contributed by atoms with van der Waals surface area (Å²) in [5.74, 6) is -2.44. The Morgan fingerprint density at radius 2 is 2.12 bits per heavy atom. The molecule has 0 radical (unpaired) electrons. The molecule has 1 aliphatic heterocycles. The topological polar surface area (TPSA) is 49.3 Å². The van der Waals surface area contributed by atoms with Gasteiger partial charge in [-0.1, -0.05) is 0 Å². The average Bonchev–Trinajstić information content (AvgIpc) is 2.84. The highest BCUT2D eigenvalue weighted by molar-refractivity contribution is 7.08. The lowest BCUT2D eigenvalue weighted by molar-refractivity contribution is -0.143. The van der Waals surface area contributed by atoms with Crippen LogP contribution in [0.5, 0.6) is 0 Å². The molecule has 1 aliphatic rings. The smallest absolute Gasteiger partial charge is 0.417 e. The molecular weight excluding hydrogens is 255 g/mol. The summed E-state index contributed by atoms with van der Waals surface area (Å²) < 4.78 is 38.1. The molecule has 1 fully saturated rings. The minimum Gasteiger partial charge on any atom is -0.481 e. The summed E-state index contributed by atoms with van der Waals surface area (Å²) >= 11 is 0.953. The van der Waals surface area contributed by atoms with Gasteiger partial charge < -0.3 is 10.4 Å². The third-order valence-electron chi connectivity index (χ3n) is 2.93. The zero-order valence-electron chi connectivity index (χ0n) is 8.62. The fourth-order valence-electron chi connectivity index (χ4n) is 2.09. The number of carboxylic acid groups (broad SMARTS) is 1. The predicted molar refractivity (Wildman–Crippen MR) is 56.1 cm³/mol. The molecule has 2 N–H and O–H groups in total. The van der Waals surface area contributed by atoms with Gasteiger partial charge in [-0.3, -0.25) is 4.79 Å². The summed E-state index contributed by atoms with van der Waals surface area (Å²) in [6.07, 6.45) is -4.42. The van der Waals surface area contributed by atoms with Crippen LogP contribution in [0.4, 0.5) is 13.2 Å². The van der Waals surface area contributed by atoms with Gasteiger partial charge in [-0.25, -0.2) is 0 Å². The van der Waals surface area contributed by atoms with Crippen LogP contribution in [-0.4, -0.2) is 24.2 Å². The van der Waals surface area contributed by atoms with E-state index in [9.17, 15) is 18.0 Å². The number of halogens is 3. The van der Waals surface area contributed by atoms with Crippen molar-refractivity contribution in [1.82, 2.24) is 5.32 Å². The van der Waals surface area contributed by atoms with E-state index in [1.165, 1.54) is 5.38 Å². The maximum atomic E-state index is 12.7. The number of carboxylic acids is 1. The molecule has 1 aromatic rings. The molecular formula is C10H10F3NO2S. The van der Waals surface area contributed by atoms with E-state index in [1.807, 2.05) is 0 Å². The molecule has 17 heavy (non-hydrogen) atoms. The Balaban J connectivity index is 2.34. The minimum absolute atomic E-state index is 0.0971. The lowest BCUT2D eigenvalue weighted by Gasteiger charge is -2.16. The highest BCUT2D eigenvalue weighted by Crippen LogP contribution is 2.40. The number of nitrogens with one attached hydrogen (secondary N) is 1. The van der Waals surface area contributed by atoms with Gasteiger partial charge in [0.05, 0.1) is 11.5 Å². The molecule has 2 atom stereocenters. The molecule has 1 saturated heterocycles. The molecule has 1 aromatic heterocycles. The van der Waals surface area contributed by atoms with E-state index in [-0.39, 0.29) is 18.7 Å². The van der Waals surface area contributed by atoms with E-state index >= 15 is 0 Å². The van der Waals surface area contributed by atoms with Crippen LogP contribution in [-0.2, 0) is 11.0 Å². The van der Waals surface area contributed by atoms with Gasteiger partial charge in [0, 0.05) is 24.4 Å². The molecule has 3 nitrogen and oxygen atoms in total. The van der Waals surface area contributed by atoms with Crippen molar-refractivity contribution in [2.24, 2.45) is 5.92 Å². The molecule has 0 aromatic carbocycles. The quantitative estimate of drug-likeness (QED) is 0.861. The lowest BCUT2D eigenvalue weighted by Crippen LogP contribution is -2.22. The first-order chi connectivity index (χ1) is 7.91. The van der Waals surface area contributed by atoms with Crippen molar-refractivity contribution in [3.05, 3.63) is 21.9 Å². The molecule has 0 spiro atoms. The summed E-state index contributed by atoms with van der Waals surface area (Å²) in [5, 5.41) is 14.2. The van der Waals surface area contributed by atoms with Gasteiger partial charge >= 0.3 is 12.1 Å². The van der Waals surface area contributed by atoms with E-state index in [2.05, 4.69) is 5.32 Å². The van der Waals surface area contributed by atoms with Gasteiger partial charge in [0.1, 0.15) is 0 Å². The first kappa shape index (κ1) is 12.4. The minimum atomic E-state index is -4.42. The highest BCUT2D eigenvalue weighted by atomic mass is 32.1. The van der Waals surface area contributed by atoms with Crippen LogP contribution in [0, 0.1) is 5.92 Å². The second kappa shape index (κ2) is 4.30.